The molecule has 0 aliphatic carbocycles. The van der Waals surface area contributed by atoms with Crippen LogP contribution in [0, 0.1) is 0 Å². The van der Waals surface area contributed by atoms with Crippen molar-refractivity contribution in [2.24, 2.45) is 0 Å². The van der Waals surface area contributed by atoms with Crippen LogP contribution < -0.4 is 0 Å². The number of aromatic nitrogens is 2. The van der Waals surface area contributed by atoms with E-state index >= 15 is 0 Å². The number of benzene rings is 8. The lowest BCUT2D eigenvalue weighted by Crippen LogP contribution is -1.98. The monoisotopic (exact) mass is 580 g/mol. The molecule has 0 spiro atoms. The molecule has 0 aliphatic rings. The Morgan fingerprint density at radius 3 is 1.76 bits per heavy atom. The van der Waals surface area contributed by atoms with Crippen LogP contribution in [-0.4, -0.2) is 9.55 Å². The first-order chi connectivity index (χ1) is 25.7. The smallest absolute Gasteiger partial charge is 0.145 e. The van der Waals surface area contributed by atoms with E-state index in [1.807, 2.05) is 126 Å². The molecule has 1 heterocycles. The summed E-state index contributed by atoms with van der Waals surface area (Å²) in [6.45, 7) is 0. The third kappa shape index (κ3) is 4.15. The van der Waals surface area contributed by atoms with E-state index in [1.54, 1.807) is 0 Å². The second-order valence-electron chi connectivity index (χ2n) is 11.0. The van der Waals surface area contributed by atoms with Gasteiger partial charge in [0.1, 0.15) is 5.82 Å². The minimum atomic E-state index is -0.434. The van der Waals surface area contributed by atoms with E-state index in [2.05, 4.69) is 0 Å². The number of imidazole rings is 1. The summed E-state index contributed by atoms with van der Waals surface area (Å²) in [5.74, 6) is 0.703. The maximum absolute atomic E-state index is 9.35. The SMILES string of the molecule is [2H]c1c([2H])c([2H])c2c(-c3ccc4ccccc4c3)c3c([2H])c([2H])c([2H])c([2H])c3c(-c3cccc(-n4c(-c5ccccc5)nc5ccccc54)c3)c2c1[2H]. The van der Waals surface area contributed by atoms with E-state index in [9.17, 15) is 5.48 Å². The Hall–Kier alpha value is -5.99. The van der Waals surface area contributed by atoms with E-state index in [0.717, 1.165) is 33.1 Å². The lowest BCUT2D eigenvalue weighted by Gasteiger charge is -2.19. The molecule has 9 aromatic rings. The van der Waals surface area contributed by atoms with Gasteiger partial charge in [0.25, 0.3) is 0 Å². The van der Waals surface area contributed by atoms with Gasteiger partial charge in [-0.15, -0.1) is 0 Å². The zero-order valence-corrected chi connectivity index (χ0v) is 23.9. The first kappa shape index (κ1) is 18.6. The van der Waals surface area contributed by atoms with Gasteiger partial charge in [-0.1, -0.05) is 139 Å². The molecule has 0 fully saturated rings. The molecule has 0 amide bonds. The fourth-order valence-corrected chi connectivity index (χ4v) is 6.42. The van der Waals surface area contributed by atoms with Gasteiger partial charge in [-0.25, -0.2) is 4.98 Å². The van der Waals surface area contributed by atoms with Crippen LogP contribution in [0.4, 0.5) is 0 Å². The molecule has 0 saturated carbocycles. The fraction of sp³-hybridized carbons (Fsp3) is 0. The van der Waals surface area contributed by atoms with Crippen molar-refractivity contribution >= 4 is 43.4 Å². The molecular weight excluding hydrogens is 544 g/mol. The molecule has 0 N–H and O–H groups in total. The summed E-state index contributed by atoms with van der Waals surface area (Å²) in [5, 5.41) is 2.56. The van der Waals surface area contributed by atoms with Crippen LogP contribution in [-0.2, 0) is 0 Å². The van der Waals surface area contributed by atoms with Crippen molar-refractivity contribution in [1.29, 1.82) is 0 Å². The van der Waals surface area contributed by atoms with Crippen LogP contribution in [0.1, 0.15) is 11.0 Å². The van der Waals surface area contributed by atoms with Crippen molar-refractivity contribution in [3.8, 4) is 39.3 Å². The van der Waals surface area contributed by atoms with Gasteiger partial charge >= 0.3 is 0 Å². The Bertz CT molecular complexity index is 2910. The van der Waals surface area contributed by atoms with Gasteiger partial charge in [0.2, 0.25) is 0 Å². The predicted octanol–water partition coefficient (Wildman–Crippen LogP) is 11.5. The molecule has 2 nitrogen and oxygen atoms in total. The Morgan fingerprint density at radius 1 is 0.467 bits per heavy atom. The summed E-state index contributed by atoms with van der Waals surface area (Å²) in [6.07, 6.45) is 0. The lowest BCUT2D eigenvalue weighted by molar-refractivity contribution is 1.10. The van der Waals surface area contributed by atoms with Gasteiger partial charge in [-0.2, -0.15) is 0 Å². The van der Waals surface area contributed by atoms with Crippen molar-refractivity contribution in [2.75, 3.05) is 0 Å². The minimum Gasteiger partial charge on any atom is -0.292 e. The maximum Gasteiger partial charge on any atom is 0.145 e. The highest BCUT2D eigenvalue weighted by atomic mass is 15.1. The lowest BCUT2D eigenvalue weighted by atomic mass is 9.85. The highest BCUT2D eigenvalue weighted by Crippen LogP contribution is 2.44. The molecule has 8 aromatic carbocycles. The summed E-state index contributed by atoms with van der Waals surface area (Å²) >= 11 is 0. The van der Waals surface area contributed by atoms with Gasteiger partial charge in [-0.05, 0) is 84.9 Å². The summed E-state index contributed by atoms with van der Waals surface area (Å²) in [4.78, 5) is 4.98. The summed E-state index contributed by atoms with van der Waals surface area (Å²) < 4.78 is 74.5. The van der Waals surface area contributed by atoms with Gasteiger partial charge < -0.3 is 0 Å². The summed E-state index contributed by atoms with van der Waals surface area (Å²) in [6, 6.07) is 35.6. The fourth-order valence-electron chi connectivity index (χ4n) is 6.42. The largest absolute Gasteiger partial charge is 0.292 e. The molecule has 0 aliphatic heterocycles. The Balaban J connectivity index is 1.46. The number of para-hydroxylation sites is 2. The molecular formula is C43H28N2. The Morgan fingerprint density at radius 2 is 1.04 bits per heavy atom. The Kier molecular flexibility index (Phi) is 4.27. The van der Waals surface area contributed by atoms with Crippen LogP contribution in [0.15, 0.2) is 170 Å². The third-order valence-electron chi connectivity index (χ3n) is 8.40. The molecule has 1 aromatic heterocycles. The third-order valence-corrected chi connectivity index (χ3v) is 8.40. The van der Waals surface area contributed by atoms with Crippen LogP contribution in [0.3, 0.4) is 0 Å². The summed E-state index contributed by atoms with van der Waals surface area (Å²) in [5.41, 5.74) is 4.98. The molecule has 9 rings (SSSR count). The van der Waals surface area contributed by atoms with Crippen molar-refractivity contribution in [1.82, 2.24) is 9.55 Å². The molecule has 0 unspecified atom stereocenters. The minimum absolute atomic E-state index is 0.174. The number of hydrogen-bond donors (Lipinski definition) is 0. The first-order valence-corrected chi connectivity index (χ1v) is 14.7. The van der Waals surface area contributed by atoms with E-state index in [0.29, 0.717) is 28.1 Å². The molecule has 0 atom stereocenters. The van der Waals surface area contributed by atoms with Crippen LogP contribution >= 0.6 is 0 Å². The first-order valence-electron chi connectivity index (χ1n) is 18.7. The van der Waals surface area contributed by atoms with E-state index in [-0.39, 0.29) is 45.7 Å². The number of rotatable bonds is 4. The van der Waals surface area contributed by atoms with Crippen LogP contribution in [0.2, 0.25) is 0 Å². The van der Waals surface area contributed by atoms with Crippen LogP contribution in [0.5, 0.6) is 0 Å². The quantitative estimate of drug-likeness (QED) is 0.189. The highest BCUT2D eigenvalue weighted by molar-refractivity contribution is 6.21. The topological polar surface area (TPSA) is 17.8 Å². The zero-order valence-electron chi connectivity index (χ0n) is 31.9. The second kappa shape index (κ2) is 10.3. The van der Waals surface area contributed by atoms with Gasteiger partial charge in [0.05, 0.1) is 22.0 Å². The number of nitrogens with zero attached hydrogens (tertiary/aromatic N) is 2. The molecule has 2 heteroatoms. The Labute approximate surface area is 272 Å². The number of hydrogen-bond acceptors (Lipinski definition) is 1. The van der Waals surface area contributed by atoms with Gasteiger partial charge in [0, 0.05) is 11.3 Å². The standard InChI is InChI=1S/C43H28N2/c1-2-14-30(15-3-1)43-44-39-23-10-11-24-40(39)45(43)34-18-12-17-32(28-34)41-35-19-6-8-21-37(35)42(38-22-9-7-20-36(38)41)33-26-25-29-13-4-5-16-31(29)27-33/h1-28H/i6D,7D,8D,9D,19D,20D,21D,22D. The zero-order chi connectivity index (χ0) is 36.7. The summed E-state index contributed by atoms with van der Waals surface area (Å²) in [7, 11) is 0. The molecule has 0 radical (unpaired) electrons. The second-order valence-corrected chi connectivity index (χ2v) is 11.0. The predicted molar refractivity (Wildman–Crippen MR) is 190 cm³/mol. The molecule has 45 heavy (non-hydrogen) atoms. The van der Waals surface area contributed by atoms with E-state index < -0.39 is 24.2 Å². The van der Waals surface area contributed by atoms with E-state index in [1.165, 1.54) is 0 Å². The van der Waals surface area contributed by atoms with Crippen molar-refractivity contribution in [3.63, 3.8) is 0 Å². The average Bonchev–Trinajstić information content (AvgIpc) is 3.59. The molecule has 210 valence electrons. The van der Waals surface area contributed by atoms with Gasteiger partial charge in [-0.3, -0.25) is 4.57 Å². The molecule has 0 saturated heterocycles. The van der Waals surface area contributed by atoms with Crippen molar-refractivity contribution in [3.05, 3.63) is 170 Å². The average molecular weight is 581 g/mol. The van der Waals surface area contributed by atoms with Gasteiger partial charge in [0.15, 0.2) is 0 Å². The van der Waals surface area contributed by atoms with E-state index in [4.69, 9.17) is 10.5 Å². The normalized spacial score (nSPS) is 14.0. The number of fused-ring (bicyclic) bond motifs is 4. The van der Waals surface area contributed by atoms with Crippen LogP contribution in [0.25, 0.3) is 82.7 Å². The highest BCUT2D eigenvalue weighted by Gasteiger charge is 2.19. The van der Waals surface area contributed by atoms with Crippen molar-refractivity contribution in [2.45, 2.75) is 0 Å². The van der Waals surface area contributed by atoms with Crippen molar-refractivity contribution < 1.29 is 11.0 Å². The molecule has 0 bridgehead atoms. The maximum atomic E-state index is 9.35.